The first-order chi connectivity index (χ1) is 30.6. The monoisotopic (exact) mass is 914 g/mol. The number of aliphatic hydroxyl groups is 1. The Kier molecular flexibility index (Phi) is 14.5. The molecule has 2 N–H and O–H groups in total. The van der Waals surface area contributed by atoms with Crippen LogP contribution in [0.1, 0.15) is 170 Å². The van der Waals surface area contributed by atoms with Crippen molar-refractivity contribution >= 4 is 15.8 Å². The fourth-order valence-corrected chi connectivity index (χ4v) is 16.2. The van der Waals surface area contributed by atoms with Crippen LogP contribution in [0.25, 0.3) is 0 Å². The lowest BCUT2D eigenvalue weighted by molar-refractivity contribution is -0.158. The molecule has 0 aromatic carbocycles. The summed E-state index contributed by atoms with van der Waals surface area (Å²) in [6, 6.07) is 5.56. The molecule has 1 aromatic heterocycles. The predicted octanol–water partition coefficient (Wildman–Crippen LogP) is 11.3. The van der Waals surface area contributed by atoms with Crippen LogP contribution >= 0.6 is 0 Å². The molecule has 6 aliphatic rings. The third-order valence-electron chi connectivity index (χ3n) is 19.7. The molecule has 7 rings (SSSR count). The maximum atomic E-state index is 13.7. The minimum atomic E-state index is -3.08. The molecule has 0 saturated heterocycles. The fourth-order valence-electron chi connectivity index (χ4n) is 15.1. The Morgan fingerprint density at radius 1 is 0.954 bits per heavy atom. The summed E-state index contributed by atoms with van der Waals surface area (Å²) in [5.41, 5.74) is 3.15. The molecule has 9 nitrogen and oxygen atoms in total. The molecule has 10 heteroatoms. The van der Waals surface area contributed by atoms with Gasteiger partial charge in [-0.05, 0) is 205 Å². The van der Waals surface area contributed by atoms with Crippen LogP contribution in [0.4, 0.5) is 0 Å². The van der Waals surface area contributed by atoms with Crippen molar-refractivity contribution < 1.29 is 27.8 Å². The van der Waals surface area contributed by atoms with Gasteiger partial charge in [0.05, 0.1) is 17.5 Å². The highest BCUT2D eigenvalue weighted by Crippen LogP contribution is 2.66. The largest absolute Gasteiger partial charge is 0.475 e. The highest BCUT2D eigenvalue weighted by atomic mass is 32.2. The second-order valence-electron chi connectivity index (χ2n) is 23.5. The number of hydrogen-bond donors (Lipinski definition) is 2. The quantitative estimate of drug-likeness (QED) is 0.155. The molecule has 360 valence electrons. The molecule has 0 aliphatic heterocycles. The Bertz CT molecular complexity index is 2150. The van der Waals surface area contributed by atoms with Crippen LogP contribution in [0, 0.1) is 68.5 Å². The van der Waals surface area contributed by atoms with Crippen molar-refractivity contribution in [1.82, 2.24) is 10.3 Å². The van der Waals surface area contributed by atoms with Gasteiger partial charge in [-0.3, -0.25) is 4.79 Å². The number of allylic oxidation sites excluding steroid dienone is 5. The van der Waals surface area contributed by atoms with Crippen LogP contribution in [-0.2, 0) is 19.4 Å². The summed E-state index contributed by atoms with van der Waals surface area (Å²) >= 11 is 0. The van der Waals surface area contributed by atoms with E-state index in [-0.39, 0.29) is 45.5 Å². The van der Waals surface area contributed by atoms with Crippen LogP contribution in [0.3, 0.4) is 0 Å². The van der Waals surface area contributed by atoms with Gasteiger partial charge in [-0.2, -0.15) is 5.26 Å². The lowest BCUT2D eigenvalue weighted by Crippen LogP contribution is -2.60. The SMILES string of the molecule is C=C(C)[C@@H]1CC[C@]2(NCC[C@]3(O)CC[C@H](S(C)(=O)=O)CC3)CC[C@@]3(C)[C@H](C)CC[C@H]4C(C)(C)C(C5=CC[C@](COc6ncccc6C#N)(C(=O)OCC)CC5)=CC[C@]4(C)[C@H](C)CC[C@@H]3[C@@H]12. The highest BCUT2D eigenvalue weighted by molar-refractivity contribution is 7.91. The summed E-state index contributed by atoms with van der Waals surface area (Å²) < 4.78 is 36.4. The predicted molar refractivity (Wildman–Crippen MR) is 260 cm³/mol. The maximum Gasteiger partial charge on any atom is 0.315 e. The van der Waals surface area contributed by atoms with Crippen molar-refractivity contribution in [1.29, 1.82) is 5.26 Å². The van der Waals surface area contributed by atoms with Gasteiger partial charge < -0.3 is 19.9 Å². The molecule has 1 heterocycles. The number of carbonyl (C=O) groups is 1. The summed E-state index contributed by atoms with van der Waals surface area (Å²) in [7, 11) is -3.08. The van der Waals surface area contributed by atoms with Crippen molar-refractivity contribution in [2.45, 2.75) is 181 Å². The number of aromatic nitrogens is 1. The van der Waals surface area contributed by atoms with Gasteiger partial charge in [0, 0.05) is 18.0 Å². The first-order valence-electron chi connectivity index (χ1n) is 25.4. The first kappa shape index (κ1) is 49.9. The number of nitrogens with one attached hydrogen (secondary N) is 1. The van der Waals surface area contributed by atoms with Crippen LogP contribution in [0.2, 0.25) is 0 Å². The Labute approximate surface area is 393 Å². The maximum absolute atomic E-state index is 13.7. The van der Waals surface area contributed by atoms with E-state index in [1.165, 1.54) is 61.5 Å². The van der Waals surface area contributed by atoms with E-state index in [1.807, 2.05) is 6.92 Å². The second kappa shape index (κ2) is 18.8. The van der Waals surface area contributed by atoms with Gasteiger partial charge in [0.15, 0.2) is 0 Å². The number of fused-ring (bicyclic) bond motifs is 4. The molecule has 1 aromatic rings. The van der Waals surface area contributed by atoms with Crippen molar-refractivity contribution in [3.8, 4) is 11.9 Å². The van der Waals surface area contributed by atoms with Crippen LogP contribution in [0.5, 0.6) is 5.88 Å². The second-order valence-corrected chi connectivity index (χ2v) is 25.8. The molecular formula is C55H83N3O6S. The topological polar surface area (TPSA) is 139 Å². The van der Waals surface area contributed by atoms with Crippen molar-refractivity contribution in [3.63, 3.8) is 0 Å². The number of pyridine rings is 1. The number of carbonyl (C=O) groups excluding carboxylic acids is 1. The Morgan fingerprint density at radius 2 is 1.66 bits per heavy atom. The van der Waals surface area contributed by atoms with Crippen LogP contribution in [-0.4, -0.2) is 66.9 Å². The summed E-state index contributed by atoms with van der Waals surface area (Å²) in [6.07, 6.45) is 23.1. The van der Waals surface area contributed by atoms with E-state index in [0.29, 0.717) is 92.6 Å². The Hall–Kier alpha value is -3.00. The number of esters is 1. The molecule has 0 unspecified atom stereocenters. The van der Waals surface area contributed by atoms with Gasteiger partial charge in [-0.15, -0.1) is 0 Å². The zero-order valence-corrected chi connectivity index (χ0v) is 42.4. The molecule has 6 aliphatic carbocycles. The lowest BCUT2D eigenvalue weighted by Gasteiger charge is -2.60. The standard InChI is InChI=1S/C55H83N3O6S/c1-11-63-49(59)53(36-64-48-41(35-56)13-12-33-57-48)25-18-40(19-26-53)44-23-24-52(9)39(5)14-16-45-47-43(37(2)3)22-29-55(47,31-30-51(45,8)38(4)15-17-46(52)50(44,6)7)58-34-32-54(60)27-20-42(21-28-54)65(10,61)62/h12-13,18,23,33,38-39,42-43,45-47,58,60H,2,11,14-17,19-22,24-32,34,36H2,1,3-10H3/t38-,39-,42-,43+,45-,46+,47-,51+,52-,53+,54-,55+/m1/s1. The average molecular weight is 914 g/mol. The fraction of sp³-hybridized carbons (Fsp3) is 0.764. The third-order valence-corrected chi connectivity index (χ3v) is 21.4. The molecule has 65 heavy (non-hydrogen) atoms. The van der Waals surface area contributed by atoms with E-state index in [1.54, 1.807) is 18.3 Å². The van der Waals surface area contributed by atoms with Crippen molar-refractivity contribution in [2.75, 3.05) is 26.0 Å². The zero-order chi connectivity index (χ0) is 47.2. The van der Waals surface area contributed by atoms with Gasteiger partial charge in [0.1, 0.15) is 33.5 Å². The molecule has 4 saturated carbocycles. The van der Waals surface area contributed by atoms with Crippen LogP contribution in [0.15, 0.2) is 53.8 Å². The minimum Gasteiger partial charge on any atom is -0.475 e. The summed E-state index contributed by atoms with van der Waals surface area (Å²) in [6.45, 7) is 25.3. The van der Waals surface area contributed by atoms with Crippen molar-refractivity contribution in [2.24, 2.45) is 57.2 Å². The van der Waals surface area contributed by atoms with E-state index in [9.17, 15) is 23.6 Å². The van der Waals surface area contributed by atoms with Crippen molar-refractivity contribution in [3.05, 3.63) is 59.3 Å². The molecule has 4 fully saturated rings. The minimum absolute atomic E-state index is 0.0286. The first-order valence-corrected chi connectivity index (χ1v) is 27.4. The molecule has 0 spiro atoms. The molecular weight excluding hydrogens is 831 g/mol. The number of ether oxygens (including phenoxy) is 2. The number of hydrogen-bond acceptors (Lipinski definition) is 9. The molecule has 0 bridgehead atoms. The van der Waals surface area contributed by atoms with Gasteiger partial charge in [-0.1, -0.05) is 65.8 Å². The lowest BCUT2D eigenvalue weighted by atomic mass is 9.46. The summed E-state index contributed by atoms with van der Waals surface area (Å²) in [4.78, 5) is 18.0. The highest BCUT2D eigenvalue weighted by Gasteiger charge is 2.61. The molecule has 10 atom stereocenters. The summed E-state index contributed by atoms with van der Waals surface area (Å²) in [5.74, 6) is 3.16. The molecule has 0 radical (unpaired) electrons. The summed E-state index contributed by atoms with van der Waals surface area (Å²) in [5, 5.41) is 25.2. The van der Waals surface area contributed by atoms with E-state index in [4.69, 9.17) is 9.47 Å². The zero-order valence-electron chi connectivity index (χ0n) is 41.6. The normalized spacial score (nSPS) is 39.6. The van der Waals surface area contributed by atoms with Gasteiger partial charge in [-0.25, -0.2) is 13.4 Å². The Morgan fingerprint density at radius 3 is 2.31 bits per heavy atom. The number of sulfone groups is 1. The van der Waals surface area contributed by atoms with E-state index in [0.717, 1.165) is 32.2 Å². The van der Waals surface area contributed by atoms with E-state index >= 15 is 0 Å². The van der Waals surface area contributed by atoms with Gasteiger partial charge >= 0.3 is 5.97 Å². The van der Waals surface area contributed by atoms with E-state index < -0.39 is 20.9 Å². The van der Waals surface area contributed by atoms with Gasteiger partial charge in [0.2, 0.25) is 5.88 Å². The number of rotatable bonds is 12. The molecule has 0 amide bonds. The van der Waals surface area contributed by atoms with E-state index in [2.05, 4.69) is 83.6 Å². The Balaban J connectivity index is 1.10. The van der Waals surface area contributed by atoms with Gasteiger partial charge in [0.25, 0.3) is 0 Å². The smallest absolute Gasteiger partial charge is 0.315 e. The average Bonchev–Trinajstić information content (AvgIpc) is 3.64. The van der Waals surface area contributed by atoms with Crippen LogP contribution < -0.4 is 10.1 Å². The number of nitrogens with zero attached hydrogens (tertiary/aromatic N) is 2. The third kappa shape index (κ3) is 9.44. The number of nitriles is 1.